The van der Waals surface area contributed by atoms with Crippen LogP contribution >= 0.6 is 0 Å². The monoisotopic (exact) mass is 224 g/mol. The maximum Gasteiger partial charge on any atom is 0.239 e. The fourth-order valence-electron chi connectivity index (χ4n) is 3.33. The van der Waals surface area contributed by atoms with Gasteiger partial charge in [0.25, 0.3) is 0 Å². The molecular weight excluding hydrogens is 200 g/mol. The number of carbonyl (C=O) groups excluding carboxylic acids is 1. The van der Waals surface area contributed by atoms with Crippen LogP contribution in [0.4, 0.5) is 0 Å². The summed E-state index contributed by atoms with van der Waals surface area (Å²) in [5.41, 5.74) is 4.98. The molecule has 2 fully saturated rings. The van der Waals surface area contributed by atoms with Crippen LogP contribution in [0, 0.1) is 17.8 Å². The molecule has 2 aliphatic rings. The zero-order valence-corrected chi connectivity index (χ0v) is 10.5. The van der Waals surface area contributed by atoms with E-state index in [0.717, 1.165) is 30.7 Å². The maximum atomic E-state index is 11.6. The molecule has 0 spiro atoms. The average Bonchev–Trinajstić information content (AvgIpc) is 2.77. The summed E-state index contributed by atoms with van der Waals surface area (Å²) in [7, 11) is 0. The second-order valence-corrected chi connectivity index (χ2v) is 6.20. The molecule has 16 heavy (non-hydrogen) atoms. The number of rotatable bonds is 4. The summed E-state index contributed by atoms with van der Waals surface area (Å²) < 4.78 is 0. The lowest BCUT2D eigenvalue weighted by molar-refractivity contribution is -0.125. The van der Waals surface area contributed by atoms with Crippen LogP contribution in [0.3, 0.4) is 0 Å². The van der Waals surface area contributed by atoms with Crippen LogP contribution in [-0.4, -0.2) is 18.0 Å². The van der Waals surface area contributed by atoms with Gasteiger partial charge in [0, 0.05) is 6.54 Å². The molecule has 0 heterocycles. The van der Waals surface area contributed by atoms with Crippen LogP contribution in [0.15, 0.2) is 0 Å². The first-order valence-corrected chi connectivity index (χ1v) is 6.54. The molecule has 3 nitrogen and oxygen atoms in total. The largest absolute Gasteiger partial charge is 0.355 e. The minimum Gasteiger partial charge on any atom is -0.355 e. The van der Waals surface area contributed by atoms with Crippen LogP contribution in [0.2, 0.25) is 0 Å². The van der Waals surface area contributed by atoms with E-state index in [2.05, 4.69) is 5.32 Å². The highest BCUT2D eigenvalue weighted by Gasteiger charge is 2.38. The lowest BCUT2D eigenvalue weighted by atomic mass is 9.86. The van der Waals surface area contributed by atoms with Gasteiger partial charge in [-0.3, -0.25) is 4.79 Å². The molecule has 2 rings (SSSR count). The van der Waals surface area contributed by atoms with Gasteiger partial charge in [-0.25, -0.2) is 0 Å². The van der Waals surface area contributed by atoms with E-state index in [1.54, 1.807) is 13.8 Å². The Hall–Kier alpha value is -0.570. The Bertz CT molecular complexity index is 270. The van der Waals surface area contributed by atoms with Crippen molar-refractivity contribution in [3.05, 3.63) is 0 Å². The molecule has 0 radical (unpaired) electrons. The second kappa shape index (κ2) is 4.36. The summed E-state index contributed by atoms with van der Waals surface area (Å²) in [5, 5.41) is 2.95. The van der Waals surface area contributed by atoms with Crippen molar-refractivity contribution < 1.29 is 4.79 Å². The molecule has 92 valence electrons. The molecule has 1 amide bonds. The van der Waals surface area contributed by atoms with E-state index in [0.29, 0.717) is 0 Å². The number of nitrogens with one attached hydrogen (secondary N) is 1. The van der Waals surface area contributed by atoms with E-state index in [4.69, 9.17) is 5.73 Å². The SMILES string of the molecule is CC(C)(N)C(=O)NCCC1CC2CCC1C2. The van der Waals surface area contributed by atoms with Crippen molar-refractivity contribution in [1.29, 1.82) is 0 Å². The van der Waals surface area contributed by atoms with Crippen molar-refractivity contribution >= 4 is 5.91 Å². The minimum atomic E-state index is -0.741. The van der Waals surface area contributed by atoms with Crippen LogP contribution in [0.25, 0.3) is 0 Å². The zero-order valence-electron chi connectivity index (χ0n) is 10.5. The van der Waals surface area contributed by atoms with Gasteiger partial charge in [0.2, 0.25) is 5.91 Å². The third kappa shape index (κ3) is 2.57. The van der Waals surface area contributed by atoms with Gasteiger partial charge >= 0.3 is 0 Å². The molecule has 0 aromatic carbocycles. The van der Waals surface area contributed by atoms with E-state index in [9.17, 15) is 4.79 Å². The number of carbonyl (C=O) groups is 1. The minimum absolute atomic E-state index is 0.0318. The molecular formula is C13H24N2O. The molecule has 0 saturated heterocycles. The molecule has 0 aromatic heterocycles. The van der Waals surface area contributed by atoms with Crippen molar-refractivity contribution in [2.75, 3.05) is 6.54 Å². The molecule has 2 saturated carbocycles. The first kappa shape index (κ1) is 11.9. The smallest absolute Gasteiger partial charge is 0.239 e. The molecule has 3 atom stereocenters. The predicted octanol–water partition coefficient (Wildman–Crippen LogP) is 1.67. The molecule has 0 aliphatic heterocycles. The van der Waals surface area contributed by atoms with Gasteiger partial charge in [-0.2, -0.15) is 0 Å². The molecule has 0 aromatic rings. The fraction of sp³-hybridized carbons (Fsp3) is 0.923. The van der Waals surface area contributed by atoms with Gasteiger partial charge in [0.15, 0.2) is 0 Å². The Morgan fingerprint density at radius 1 is 1.38 bits per heavy atom. The quantitative estimate of drug-likeness (QED) is 0.763. The van der Waals surface area contributed by atoms with E-state index >= 15 is 0 Å². The number of fused-ring (bicyclic) bond motifs is 2. The number of hydrogen-bond acceptors (Lipinski definition) is 2. The third-order valence-electron chi connectivity index (χ3n) is 4.27. The normalized spacial score (nSPS) is 33.1. The average molecular weight is 224 g/mol. The number of nitrogens with two attached hydrogens (primary N) is 1. The Labute approximate surface area is 98.2 Å². The zero-order chi connectivity index (χ0) is 11.8. The van der Waals surface area contributed by atoms with E-state index in [-0.39, 0.29) is 5.91 Å². The van der Waals surface area contributed by atoms with Gasteiger partial charge in [-0.15, -0.1) is 0 Å². The molecule has 3 N–H and O–H groups in total. The Kier molecular flexibility index (Phi) is 3.24. The molecule has 3 unspecified atom stereocenters. The summed E-state index contributed by atoms with van der Waals surface area (Å²) in [6, 6.07) is 0. The van der Waals surface area contributed by atoms with Crippen molar-refractivity contribution in [1.82, 2.24) is 5.32 Å². The number of hydrogen-bond donors (Lipinski definition) is 2. The van der Waals surface area contributed by atoms with Gasteiger partial charge in [-0.1, -0.05) is 6.42 Å². The number of amides is 1. The van der Waals surface area contributed by atoms with E-state index in [1.165, 1.54) is 25.7 Å². The Morgan fingerprint density at radius 2 is 2.12 bits per heavy atom. The lowest BCUT2D eigenvalue weighted by Gasteiger charge is -2.23. The van der Waals surface area contributed by atoms with Gasteiger partial charge in [0.05, 0.1) is 5.54 Å². The summed E-state index contributed by atoms with van der Waals surface area (Å²) in [6.07, 6.45) is 6.85. The topological polar surface area (TPSA) is 55.1 Å². The highest BCUT2D eigenvalue weighted by atomic mass is 16.2. The van der Waals surface area contributed by atoms with Gasteiger partial charge in [-0.05, 0) is 57.3 Å². The first-order chi connectivity index (χ1) is 7.47. The van der Waals surface area contributed by atoms with E-state index < -0.39 is 5.54 Å². The highest BCUT2D eigenvalue weighted by Crippen LogP contribution is 2.49. The standard InChI is InChI=1S/C13H24N2O/c1-13(2,14)12(16)15-6-5-11-8-9-3-4-10(11)7-9/h9-11H,3-8,14H2,1-2H3,(H,15,16). The predicted molar refractivity (Wildman–Crippen MR) is 64.8 cm³/mol. The molecule has 2 bridgehead atoms. The first-order valence-electron chi connectivity index (χ1n) is 6.54. The summed E-state index contributed by atoms with van der Waals surface area (Å²) >= 11 is 0. The Morgan fingerprint density at radius 3 is 2.62 bits per heavy atom. The highest BCUT2D eigenvalue weighted by molar-refractivity contribution is 5.84. The van der Waals surface area contributed by atoms with Crippen molar-refractivity contribution in [3.63, 3.8) is 0 Å². The van der Waals surface area contributed by atoms with E-state index in [1.807, 2.05) is 0 Å². The fourth-order valence-corrected chi connectivity index (χ4v) is 3.33. The second-order valence-electron chi connectivity index (χ2n) is 6.20. The van der Waals surface area contributed by atoms with Gasteiger partial charge in [0.1, 0.15) is 0 Å². The van der Waals surface area contributed by atoms with Crippen LogP contribution in [-0.2, 0) is 4.79 Å². The molecule has 3 heteroatoms. The molecule has 2 aliphatic carbocycles. The van der Waals surface area contributed by atoms with Crippen molar-refractivity contribution in [2.45, 2.75) is 51.5 Å². The lowest BCUT2D eigenvalue weighted by Crippen LogP contribution is -2.49. The third-order valence-corrected chi connectivity index (χ3v) is 4.27. The van der Waals surface area contributed by atoms with Crippen molar-refractivity contribution in [2.24, 2.45) is 23.5 Å². The summed E-state index contributed by atoms with van der Waals surface area (Å²) in [4.78, 5) is 11.6. The van der Waals surface area contributed by atoms with Gasteiger partial charge < -0.3 is 11.1 Å². The Balaban J connectivity index is 1.67. The van der Waals surface area contributed by atoms with Crippen LogP contribution in [0.1, 0.15) is 46.0 Å². The summed E-state index contributed by atoms with van der Waals surface area (Å²) in [6.45, 7) is 4.30. The van der Waals surface area contributed by atoms with Crippen LogP contribution in [0.5, 0.6) is 0 Å². The maximum absolute atomic E-state index is 11.6. The summed E-state index contributed by atoms with van der Waals surface area (Å²) in [5.74, 6) is 2.78. The van der Waals surface area contributed by atoms with Crippen molar-refractivity contribution in [3.8, 4) is 0 Å². The van der Waals surface area contributed by atoms with Crippen LogP contribution < -0.4 is 11.1 Å².